The van der Waals surface area contributed by atoms with Crippen molar-refractivity contribution < 1.29 is 9.90 Å². The summed E-state index contributed by atoms with van der Waals surface area (Å²) < 4.78 is 1.01. The number of hydrogen-bond donors (Lipinski definition) is 1. The van der Waals surface area contributed by atoms with Gasteiger partial charge in [-0.3, -0.25) is 4.79 Å². The summed E-state index contributed by atoms with van der Waals surface area (Å²) in [5.74, 6) is 0.340. The van der Waals surface area contributed by atoms with Crippen LogP contribution in [0.25, 0.3) is 0 Å². The average Bonchev–Trinajstić information content (AvgIpc) is 2.32. The number of halogens is 1. The Morgan fingerprint density at radius 3 is 2.33 bits per heavy atom. The molecule has 0 atom stereocenters. The van der Waals surface area contributed by atoms with Crippen LogP contribution in [0.3, 0.4) is 0 Å². The summed E-state index contributed by atoms with van der Waals surface area (Å²) in [6, 6.07) is 14.5. The first-order valence-electron chi connectivity index (χ1n) is 5.67. The number of carbonyl (C=O) groups is 1. The van der Waals surface area contributed by atoms with E-state index < -0.39 is 0 Å². The minimum Gasteiger partial charge on any atom is -0.508 e. The van der Waals surface area contributed by atoms with Gasteiger partial charge < -0.3 is 5.11 Å². The van der Waals surface area contributed by atoms with E-state index in [2.05, 4.69) is 15.9 Å². The van der Waals surface area contributed by atoms with Crippen molar-refractivity contribution in [2.75, 3.05) is 0 Å². The van der Waals surface area contributed by atoms with Gasteiger partial charge in [-0.2, -0.15) is 0 Å². The molecule has 3 heteroatoms. The smallest absolute Gasteiger partial charge is 0.141 e. The van der Waals surface area contributed by atoms with Gasteiger partial charge in [0.25, 0.3) is 0 Å². The Morgan fingerprint density at radius 1 is 1.00 bits per heavy atom. The summed E-state index contributed by atoms with van der Waals surface area (Å²) in [5, 5.41) is 9.33. The molecule has 0 aliphatic carbocycles. The lowest BCUT2D eigenvalue weighted by Crippen LogP contribution is -2.06. The molecule has 0 unspecified atom stereocenters. The fraction of sp³-hybridized carbons (Fsp3) is 0.133. The lowest BCUT2D eigenvalue weighted by molar-refractivity contribution is -0.117. The van der Waals surface area contributed by atoms with Crippen molar-refractivity contribution in [2.45, 2.75) is 12.8 Å². The van der Waals surface area contributed by atoms with Crippen LogP contribution in [0.1, 0.15) is 11.1 Å². The van der Waals surface area contributed by atoms with Gasteiger partial charge in [0.05, 0.1) is 0 Å². The van der Waals surface area contributed by atoms with Crippen LogP contribution in [0.2, 0.25) is 0 Å². The molecular formula is C15H13BrO2. The summed E-state index contributed by atoms with van der Waals surface area (Å²) >= 11 is 3.36. The Hall–Kier alpha value is -1.61. The zero-order chi connectivity index (χ0) is 13.0. The molecule has 2 aromatic carbocycles. The van der Waals surface area contributed by atoms with E-state index in [1.165, 1.54) is 0 Å². The Labute approximate surface area is 114 Å². The third-order valence-corrected chi connectivity index (χ3v) is 3.16. The predicted octanol–water partition coefficient (Wildman–Crippen LogP) is 3.51. The molecule has 0 aromatic heterocycles. The van der Waals surface area contributed by atoms with Crippen LogP contribution in [-0.2, 0) is 17.6 Å². The predicted molar refractivity (Wildman–Crippen MR) is 74.7 cm³/mol. The zero-order valence-corrected chi connectivity index (χ0v) is 11.4. The zero-order valence-electron chi connectivity index (χ0n) is 9.77. The first-order chi connectivity index (χ1) is 8.63. The molecule has 0 radical (unpaired) electrons. The molecule has 0 heterocycles. The quantitative estimate of drug-likeness (QED) is 0.938. The number of benzene rings is 2. The van der Waals surface area contributed by atoms with Crippen LogP contribution in [0.4, 0.5) is 0 Å². The van der Waals surface area contributed by atoms with Crippen molar-refractivity contribution in [1.29, 1.82) is 0 Å². The van der Waals surface area contributed by atoms with Gasteiger partial charge in [-0.25, -0.2) is 0 Å². The largest absolute Gasteiger partial charge is 0.508 e. The maximum Gasteiger partial charge on any atom is 0.141 e. The fourth-order valence-corrected chi connectivity index (χ4v) is 2.05. The fourth-order valence-electron chi connectivity index (χ4n) is 1.79. The molecule has 0 saturated carbocycles. The minimum atomic E-state index is 0.142. The number of phenolic OH excluding ortho intramolecular Hbond substituents is 1. The van der Waals surface area contributed by atoms with Crippen LogP contribution in [0, 0.1) is 0 Å². The number of phenols is 1. The Balaban J connectivity index is 1.98. The van der Waals surface area contributed by atoms with Gasteiger partial charge in [-0.15, -0.1) is 0 Å². The van der Waals surface area contributed by atoms with Crippen molar-refractivity contribution in [3.8, 4) is 5.75 Å². The maximum atomic E-state index is 11.9. The highest BCUT2D eigenvalue weighted by molar-refractivity contribution is 9.10. The summed E-state index contributed by atoms with van der Waals surface area (Å²) in [5.41, 5.74) is 1.85. The first kappa shape index (κ1) is 12.8. The van der Waals surface area contributed by atoms with E-state index in [0.29, 0.717) is 12.8 Å². The van der Waals surface area contributed by atoms with E-state index >= 15 is 0 Å². The Kier molecular flexibility index (Phi) is 4.15. The summed E-state index contributed by atoms with van der Waals surface area (Å²) in [7, 11) is 0. The third kappa shape index (κ3) is 3.70. The van der Waals surface area contributed by atoms with Crippen LogP contribution >= 0.6 is 15.9 Å². The van der Waals surface area contributed by atoms with E-state index in [1.54, 1.807) is 18.2 Å². The second-order valence-electron chi connectivity index (χ2n) is 4.19. The molecule has 1 N–H and O–H groups in total. The molecule has 0 saturated heterocycles. The highest BCUT2D eigenvalue weighted by Gasteiger charge is 2.05. The molecule has 2 rings (SSSR count). The van der Waals surface area contributed by atoms with E-state index in [9.17, 15) is 9.90 Å². The molecule has 0 aliphatic heterocycles. The van der Waals surface area contributed by atoms with Crippen molar-refractivity contribution >= 4 is 21.7 Å². The topological polar surface area (TPSA) is 37.3 Å². The van der Waals surface area contributed by atoms with E-state index in [4.69, 9.17) is 0 Å². The molecule has 0 amide bonds. The second-order valence-corrected chi connectivity index (χ2v) is 5.10. The van der Waals surface area contributed by atoms with Gasteiger partial charge in [0, 0.05) is 17.3 Å². The SMILES string of the molecule is O=C(Cc1ccc(Br)cc1)Cc1cccc(O)c1. The van der Waals surface area contributed by atoms with Crippen molar-refractivity contribution in [3.05, 3.63) is 64.1 Å². The number of aromatic hydroxyl groups is 1. The van der Waals surface area contributed by atoms with Crippen LogP contribution in [-0.4, -0.2) is 10.9 Å². The maximum absolute atomic E-state index is 11.9. The molecule has 0 bridgehead atoms. The molecule has 0 aliphatic rings. The van der Waals surface area contributed by atoms with Gasteiger partial charge in [0.2, 0.25) is 0 Å². The van der Waals surface area contributed by atoms with Crippen molar-refractivity contribution in [3.63, 3.8) is 0 Å². The van der Waals surface area contributed by atoms with Crippen molar-refractivity contribution in [1.82, 2.24) is 0 Å². The Bertz CT molecular complexity index is 547. The van der Waals surface area contributed by atoms with Gasteiger partial charge >= 0.3 is 0 Å². The standard InChI is InChI=1S/C15H13BrO2/c16-13-6-4-11(5-7-13)8-15(18)10-12-2-1-3-14(17)9-12/h1-7,9,17H,8,10H2. The number of carbonyl (C=O) groups excluding carboxylic acids is 1. The first-order valence-corrected chi connectivity index (χ1v) is 6.47. The summed E-state index contributed by atoms with van der Waals surface area (Å²) in [4.78, 5) is 11.9. The van der Waals surface area contributed by atoms with E-state index in [0.717, 1.165) is 15.6 Å². The summed E-state index contributed by atoms with van der Waals surface area (Å²) in [6.45, 7) is 0. The van der Waals surface area contributed by atoms with Crippen LogP contribution in [0.15, 0.2) is 53.0 Å². The monoisotopic (exact) mass is 304 g/mol. The van der Waals surface area contributed by atoms with Gasteiger partial charge in [0.1, 0.15) is 11.5 Å². The molecule has 2 aromatic rings. The highest BCUT2D eigenvalue weighted by atomic mass is 79.9. The lowest BCUT2D eigenvalue weighted by Gasteiger charge is -2.03. The molecule has 0 spiro atoms. The van der Waals surface area contributed by atoms with Gasteiger partial charge in [-0.05, 0) is 35.4 Å². The van der Waals surface area contributed by atoms with Gasteiger partial charge in [0.15, 0.2) is 0 Å². The van der Waals surface area contributed by atoms with E-state index in [-0.39, 0.29) is 11.5 Å². The second kappa shape index (κ2) is 5.83. The molecule has 92 valence electrons. The van der Waals surface area contributed by atoms with Crippen LogP contribution in [0.5, 0.6) is 5.75 Å². The minimum absolute atomic E-state index is 0.142. The lowest BCUT2D eigenvalue weighted by atomic mass is 10.0. The average molecular weight is 305 g/mol. The third-order valence-electron chi connectivity index (χ3n) is 2.63. The van der Waals surface area contributed by atoms with Gasteiger partial charge in [-0.1, -0.05) is 40.2 Å². The summed E-state index contributed by atoms with van der Waals surface area (Å²) in [6.07, 6.45) is 0.771. The number of ketones is 1. The number of rotatable bonds is 4. The molecule has 0 fully saturated rings. The van der Waals surface area contributed by atoms with Crippen molar-refractivity contribution in [2.24, 2.45) is 0 Å². The normalized spacial score (nSPS) is 10.3. The molecule has 2 nitrogen and oxygen atoms in total. The van der Waals surface area contributed by atoms with E-state index in [1.807, 2.05) is 30.3 Å². The molecule has 18 heavy (non-hydrogen) atoms. The Morgan fingerprint density at radius 2 is 1.67 bits per heavy atom. The molecular weight excluding hydrogens is 292 g/mol. The number of Topliss-reactive ketones (excluding diaryl/α,β-unsaturated/α-hetero) is 1. The number of hydrogen-bond acceptors (Lipinski definition) is 2. The highest BCUT2D eigenvalue weighted by Crippen LogP contribution is 2.14. The van der Waals surface area contributed by atoms with Crippen LogP contribution < -0.4 is 0 Å².